The number of aliphatic hydroxyl groups is 1. The Hall–Kier alpha value is -2.66. The molecule has 0 fully saturated rings. The summed E-state index contributed by atoms with van der Waals surface area (Å²) in [6.45, 7) is -0.360. The molecule has 8 nitrogen and oxygen atoms in total. The summed E-state index contributed by atoms with van der Waals surface area (Å²) in [6, 6.07) is 8.94. The summed E-state index contributed by atoms with van der Waals surface area (Å²) in [4.78, 5) is 12.1. The van der Waals surface area contributed by atoms with Crippen molar-refractivity contribution >= 4 is 27.3 Å². The van der Waals surface area contributed by atoms with Crippen molar-refractivity contribution in [3.63, 3.8) is 0 Å². The van der Waals surface area contributed by atoms with Crippen LogP contribution >= 0.6 is 11.3 Å². The number of benzene rings is 1. The fourth-order valence-electron chi connectivity index (χ4n) is 2.75. The molecular formula is C19H19NO7S2. The summed E-state index contributed by atoms with van der Waals surface area (Å²) in [5, 5.41) is 13.0. The lowest BCUT2D eigenvalue weighted by atomic mass is 9.95. The molecule has 10 heteroatoms. The van der Waals surface area contributed by atoms with Crippen molar-refractivity contribution in [2.45, 2.75) is 10.5 Å². The number of methoxy groups -OCH3 is 2. The van der Waals surface area contributed by atoms with Crippen LogP contribution in [0, 0.1) is 0 Å². The van der Waals surface area contributed by atoms with E-state index in [9.17, 15) is 18.3 Å². The van der Waals surface area contributed by atoms with Crippen molar-refractivity contribution in [1.29, 1.82) is 0 Å². The largest absolute Gasteiger partial charge is 0.495 e. The Bertz CT molecular complexity index is 1040. The Morgan fingerprint density at radius 3 is 2.66 bits per heavy atom. The molecule has 154 valence electrons. The molecule has 0 amide bonds. The van der Waals surface area contributed by atoms with E-state index in [4.69, 9.17) is 9.15 Å². The molecule has 0 bridgehead atoms. The minimum absolute atomic E-state index is 0.0492. The number of hydrogen-bond acceptors (Lipinski definition) is 8. The van der Waals surface area contributed by atoms with E-state index < -0.39 is 21.6 Å². The van der Waals surface area contributed by atoms with E-state index in [1.54, 1.807) is 23.6 Å². The summed E-state index contributed by atoms with van der Waals surface area (Å²) >= 11 is 1.28. The van der Waals surface area contributed by atoms with E-state index in [0.717, 1.165) is 6.07 Å². The maximum Gasteiger partial charge on any atom is 0.337 e. The molecule has 0 aliphatic heterocycles. The van der Waals surface area contributed by atoms with Gasteiger partial charge in [-0.3, -0.25) is 0 Å². The van der Waals surface area contributed by atoms with Gasteiger partial charge in [0.1, 0.15) is 16.2 Å². The fraction of sp³-hybridized carbons (Fsp3) is 0.211. The molecule has 0 unspecified atom stereocenters. The number of carbonyl (C=O) groups is 1. The zero-order chi connectivity index (χ0) is 21.1. The van der Waals surface area contributed by atoms with Gasteiger partial charge in [-0.05, 0) is 35.7 Å². The fourth-order valence-corrected chi connectivity index (χ4v) is 4.85. The molecular weight excluding hydrogens is 418 g/mol. The summed E-state index contributed by atoms with van der Waals surface area (Å²) in [5.41, 5.74) is -1.18. The van der Waals surface area contributed by atoms with Gasteiger partial charge in [0.15, 0.2) is 0 Å². The highest BCUT2D eigenvalue weighted by Crippen LogP contribution is 2.33. The van der Waals surface area contributed by atoms with Crippen LogP contribution in [0.5, 0.6) is 5.75 Å². The van der Waals surface area contributed by atoms with Crippen molar-refractivity contribution in [2.24, 2.45) is 0 Å². The van der Waals surface area contributed by atoms with E-state index in [2.05, 4.69) is 9.46 Å². The summed E-state index contributed by atoms with van der Waals surface area (Å²) < 4.78 is 43.2. The van der Waals surface area contributed by atoms with Crippen LogP contribution in [-0.2, 0) is 20.4 Å². The number of esters is 1. The Morgan fingerprint density at radius 1 is 1.28 bits per heavy atom. The van der Waals surface area contributed by atoms with E-state index >= 15 is 0 Å². The van der Waals surface area contributed by atoms with Crippen molar-refractivity contribution in [3.8, 4) is 5.75 Å². The molecule has 0 saturated carbocycles. The summed E-state index contributed by atoms with van der Waals surface area (Å²) in [7, 11) is -1.63. The molecule has 2 N–H and O–H groups in total. The van der Waals surface area contributed by atoms with Gasteiger partial charge in [-0.25, -0.2) is 17.9 Å². The molecule has 0 radical (unpaired) electrons. The molecule has 1 aromatic carbocycles. The standard InChI is InChI=1S/C19H19NO7S2/c1-25-15-6-5-13(18(21)26-2)10-16(15)29(23,24)20-12-19(22,14-7-8-27-11-14)17-4-3-9-28-17/h3-11,20,22H,12H2,1-2H3/t19-/m1/s1. The Kier molecular flexibility index (Phi) is 6.08. The highest BCUT2D eigenvalue weighted by Gasteiger charge is 2.36. The second-order valence-corrected chi connectivity index (χ2v) is 8.71. The average molecular weight is 437 g/mol. The predicted molar refractivity (Wildman–Crippen MR) is 106 cm³/mol. The molecule has 0 spiro atoms. The van der Waals surface area contributed by atoms with Gasteiger partial charge < -0.3 is 19.0 Å². The molecule has 0 aliphatic carbocycles. The van der Waals surface area contributed by atoms with Crippen molar-refractivity contribution in [3.05, 3.63) is 70.3 Å². The second-order valence-electron chi connectivity index (χ2n) is 6.03. The first kappa shape index (κ1) is 21.1. The van der Waals surface area contributed by atoms with Gasteiger partial charge in [0.05, 0.1) is 32.3 Å². The number of nitrogens with one attached hydrogen (secondary N) is 1. The van der Waals surface area contributed by atoms with Gasteiger partial charge >= 0.3 is 5.97 Å². The van der Waals surface area contributed by atoms with E-state index in [-0.39, 0.29) is 22.8 Å². The lowest BCUT2D eigenvalue weighted by molar-refractivity contribution is 0.0600. The average Bonchev–Trinajstić information content (AvgIpc) is 3.45. The van der Waals surface area contributed by atoms with Crippen LogP contribution in [0.1, 0.15) is 20.8 Å². The quantitative estimate of drug-likeness (QED) is 0.520. The molecule has 2 aromatic heterocycles. The maximum absolute atomic E-state index is 13.0. The molecule has 2 heterocycles. The van der Waals surface area contributed by atoms with Crippen LogP contribution in [-0.4, -0.2) is 40.3 Å². The molecule has 3 aromatic rings. The molecule has 0 aliphatic rings. The lowest BCUT2D eigenvalue weighted by Gasteiger charge is -2.26. The van der Waals surface area contributed by atoms with Gasteiger partial charge in [-0.2, -0.15) is 0 Å². The third-order valence-electron chi connectivity index (χ3n) is 4.32. The van der Waals surface area contributed by atoms with E-state index in [1.807, 2.05) is 0 Å². The number of carbonyl (C=O) groups excluding carboxylic acids is 1. The highest BCUT2D eigenvalue weighted by molar-refractivity contribution is 7.89. The molecule has 29 heavy (non-hydrogen) atoms. The van der Waals surface area contributed by atoms with Gasteiger partial charge in [0.2, 0.25) is 10.0 Å². The number of rotatable bonds is 8. The van der Waals surface area contributed by atoms with Crippen molar-refractivity contribution in [1.82, 2.24) is 4.72 Å². The zero-order valence-corrected chi connectivity index (χ0v) is 17.2. The third-order valence-corrected chi connectivity index (χ3v) is 6.76. The number of thiophene rings is 1. The van der Waals surface area contributed by atoms with Crippen molar-refractivity contribution in [2.75, 3.05) is 20.8 Å². The number of ether oxygens (including phenoxy) is 2. The monoisotopic (exact) mass is 437 g/mol. The minimum Gasteiger partial charge on any atom is -0.495 e. The highest BCUT2D eigenvalue weighted by atomic mass is 32.2. The number of hydrogen-bond donors (Lipinski definition) is 2. The first-order valence-electron chi connectivity index (χ1n) is 8.37. The predicted octanol–water partition coefficient (Wildman–Crippen LogP) is 2.35. The summed E-state index contributed by atoms with van der Waals surface area (Å²) in [5.74, 6) is -0.634. The van der Waals surface area contributed by atoms with Crippen LogP contribution in [0.25, 0.3) is 0 Å². The normalized spacial score (nSPS) is 13.6. The maximum atomic E-state index is 13.0. The third kappa shape index (κ3) is 4.20. The number of sulfonamides is 1. The van der Waals surface area contributed by atoms with Gasteiger partial charge in [-0.1, -0.05) is 6.07 Å². The Balaban J connectivity index is 1.96. The first-order chi connectivity index (χ1) is 13.8. The van der Waals surface area contributed by atoms with Crippen LogP contribution in [0.15, 0.2) is 63.6 Å². The topological polar surface area (TPSA) is 115 Å². The van der Waals surface area contributed by atoms with Gasteiger partial charge in [0.25, 0.3) is 0 Å². The molecule has 0 saturated heterocycles. The summed E-state index contributed by atoms with van der Waals surface area (Å²) in [6.07, 6.45) is 2.75. The van der Waals surface area contributed by atoms with Crippen LogP contribution in [0.4, 0.5) is 0 Å². The van der Waals surface area contributed by atoms with E-state index in [1.165, 1.54) is 50.2 Å². The van der Waals surface area contributed by atoms with Crippen molar-refractivity contribution < 1.29 is 32.2 Å². The van der Waals surface area contributed by atoms with E-state index in [0.29, 0.717) is 10.4 Å². The van der Waals surface area contributed by atoms with Gasteiger partial charge in [0, 0.05) is 17.0 Å². The Labute approximate surface area is 171 Å². The van der Waals surface area contributed by atoms with Crippen LogP contribution in [0.2, 0.25) is 0 Å². The Morgan fingerprint density at radius 2 is 2.07 bits per heavy atom. The lowest BCUT2D eigenvalue weighted by Crippen LogP contribution is -2.41. The first-order valence-corrected chi connectivity index (χ1v) is 10.7. The van der Waals surface area contributed by atoms with Crippen LogP contribution < -0.4 is 9.46 Å². The minimum atomic E-state index is -4.15. The van der Waals surface area contributed by atoms with Gasteiger partial charge in [-0.15, -0.1) is 11.3 Å². The SMILES string of the molecule is COC(=O)c1ccc(OC)c(S(=O)(=O)NC[C@@](O)(c2ccoc2)c2cccs2)c1. The van der Waals surface area contributed by atoms with Crippen LogP contribution in [0.3, 0.4) is 0 Å². The zero-order valence-electron chi connectivity index (χ0n) is 15.6. The molecule has 3 rings (SSSR count). The second kappa shape index (κ2) is 8.37. The smallest absolute Gasteiger partial charge is 0.337 e. The number of furan rings is 1. The molecule has 1 atom stereocenters.